The molecule has 2 fully saturated rings. The van der Waals surface area contributed by atoms with E-state index in [9.17, 15) is 43.9 Å². The van der Waals surface area contributed by atoms with Crippen LogP contribution in [0.4, 0.5) is 0 Å². The monoisotopic (exact) mass is 689 g/mol. The van der Waals surface area contributed by atoms with Gasteiger partial charge >= 0.3 is 15.6 Å². The van der Waals surface area contributed by atoms with Gasteiger partial charge in [0, 0.05) is 23.5 Å². The summed E-state index contributed by atoms with van der Waals surface area (Å²) in [6.45, 7) is 5.39. The van der Waals surface area contributed by atoms with E-state index >= 15 is 0 Å². The second kappa shape index (κ2) is 15.0. The number of ketones is 1. The summed E-state index contributed by atoms with van der Waals surface area (Å²) in [6, 6.07) is 0. The second-order valence-corrected chi connectivity index (χ2v) is 12.5. The number of hydrogen-bond acceptors (Lipinski definition) is 14. The molecule has 0 spiro atoms. The van der Waals surface area contributed by atoms with Crippen molar-refractivity contribution in [2.75, 3.05) is 13.2 Å². The van der Waals surface area contributed by atoms with Crippen molar-refractivity contribution in [3.05, 3.63) is 35.9 Å². The van der Waals surface area contributed by atoms with E-state index in [0.717, 1.165) is 4.90 Å². The van der Waals surface area contributed by atoms with E-state index in [2.05, 4.69) is 20.9 Å². The summed E-state index contributed by atoms with van der Waals surface area (Å²) in [5, 5.41) is 42.1. The quantitative estimate of drug-likeness (QED) is 0.0920. The maximum atomic E-state index is 11.8. The predicted octanol–water partition coefficient (Wildman–Crippen LogP) is -2.77. The molecule has 4 aliphatic heterocycles. The lowest BCUT2D eigenvalue weighted by atomic mass is 10.1. The zero-order valence-corrected chi connectivity index (χ0v) is 24.9. The highest BCUT2D eigenvalue weighted by Crippen LogP contribution is 2.39. The first kappa shape index (κ1) is 38.8. The van der Waals surface area contributed by atoms with Crippen LogP contribution in [-0.2, 0) is 42.0 Å². The topological polar surface area (TPSA) is 303 Å². The van der Waals surface area contributed by atoms with E-state index in [1.807, 2.05) is 0 Å². The minimum absolute atomic E-state index is 0. The molecule has 0 aliphatic carbocycles. The second-order valence-electron chi connectivity index (χ2n) is 10.00. The van der Waals surface area contributed by atoms with Gasteiger partial charge in [-0.2, -0.15) is 0 Å². The van der Waals surface area contributed by atoms with Crippen LogP contribution < -0.4 is 5.32 Å². The summed E-state index contributed by atoms with van der Waals surface area (Å²) in [4.78, 5) is 71.6. The first-order chi connectivity index (χ1) is 20.2. The molecule has 0 aromatic carbocycles. The fourth-order valence-electron chi connectivity index (χ4n) is 4.34. The molecule has 0 aromatic rings. The van der Waals surface area contributed by atoms with Gasteiger partial charge in [0.1, 0.15) is 42.4 Å². The molecule has 20 nitrogen and oxygen atoms in total. The van der Waals surface area contributed by atoms with Crippen molar-refractivity contribution < 1.29 is 82.0 Å². The van der Waals surface area contributed by atoms with Crippen LogP contribution in [0.3, 0.4) is 0 Å². The van der Waals surface area contributed by atoms with Crippen molar-refractivity contribution in [1.29, 1.82) is 0 Å². The Morgan fingerprint density at radius 3 is 1.69 bits per heavy atom. The predicted molar refractivity (Wildman–Crippen MR) is 147 cm³/mol. The Kier molecular flexibility index (Phi) is 12.9. The molecule has 9 N–H and O–H groups in total. The van der Waals surface area contributed by atoms with Gasteiger partial charge in [0.05, 0.1) is 19.6 Å². The average Bonchev–Trinajstić information content (AvgIpc) is 3.35. The minimum atomic E-state index is -4.76. The maximum absolute atomic E-state index is 11.8. The molecular formula is C23H37N3O17P2. The Hall–Kier alpha value is -2.39. The van der Waals surface area contributed by atoms with Crippen molar-refractivity contribution in [2.45, 2.75) is 76.8 Å². The molecule has 0 saturated carbocycles. The number of ether oxygens (including phenoxy) is 2. The summed E-state index contributed by atoms with van der Waals surface area (Å²) in [6.07, 6.45) is -8.32. The van der Waals surface area contributed by atoms with Gasteiger partial charge in [0.15, 0.2) is 18.2 Å². The molecule has 256 valence electrons. The van der Waals surface area contributed by atoms with Crippen LogP contribution >= 0.6 is 15.6 Å². The Morgan fingerprint density at radius 1 is 0.822 bits per heavy atom. The standard InChI is InChI=1S/C11H17N2O8P.C11H16NO9P.CH4/c1-5-3-13(6(2)12-10(5)16)11-9(15)8(14)7(21-11)4-20-22(17,18)19;1-5-3-12(8(14)2-6(5)13)11-10(16)9(15)7(21-11)4-20-22(17,18)19;/h3,7-9,11,14-15H,2,4H2,1H3,(H,12,16)(H2,17,18,19);3,7,9-11,15-16H,2,4H2,1H3,(H2,17,18,19);1H4/t7-,8-,9-,11-;7-,9-,10-,11-;/m11./s1. The number of rotatable bonds is 8. The smallest absolute Gasteiger partial charge is 0.387 e. The number of amides is 2. The summed E-state index contributed by atoms with van der Waals surface area (Å²) >= 11 is 0. The van der Waals surface area contributed by atoms with Gasteiger partial charge in [0.2, 0.25) is 5.91 Å². The lowest BCUT2D eigenvalue weighted by molar-refractivity contribution is -0.149. The molecule has 0 radical (unpaired) electrons. The number of nitrogens with one attached hydrogen (secondary N) is 1. The number of carbonyl (C=O) groups is 3. The average molecular weight is 690 g/mol. The number of phosphoric acid groups is 2. The third-order valence-electron chi connectivity index (χ3n) is 6.67. The molecule has 4 heterocycles. The Bertz CT molecular complexity index is 1210. The molecule has 4 rings (SSSR count). The van der Waals surface area contributed by atoms with Crippen molar-refractivity contribution in [1.82, 2.24) is 15.1 Å². The molecule has 8 atom stereocenters. The molecule has 2 amide bonds. The lowest BCUT2D eigenvalue weighted by Crippen LogP contribution is -2.47. The van der Waals surface area contributed by atoms with Crippen LogP contribution in [0.25, 0.3) is 0 Å². The van der Waals surface area contributed by atoms with E-state index in [4.69, 9.17) is 29.0 Å². The van der Waals surface area contributed by atoms with E-state index < -0.39 is 83.8 Å². The van der Waals surface area contributed by atoms with E-state index in [1.165, 1.54) is 24.2 Å². The van der Waals surface area contributed by atoms with Crippen LogP contribution in [0.1, 0.15) is 27.7 Å². The summed E-state index contributed by atoms with van der Waals surface area (Å²) in [7, 11) is -9.48. The van der Waals surface area contributed by atoms with Crippen LogP contribution in [0.2, 0.25) is 0 Å². The largest absolute Gasteiger partial charge is 0.469 e. The highest BCUT2D eigenvalue weighted by Gasteiger charge is 2.49. The summed E-state index contributed by atoms with van der Waals surface area (Å²) in [5.41, 5.74) is 0.632. The summed E-state index contributed by atoms with van der Waals surface area (Å²) in [5.74, 6) is -1.17. The molecule has 22 heteroatoms. The molecule has 0 aromatic heterocycles. The van der Waals surface area contributed by atoms with Gasteiger partial charge < -0.3 is 59.7 Å². The Labute approximate surface area is 256 Å². The number of Topliss-reactive ketones (excluding diaryl/α,β-unsaturated/α-hetero) is 1. The summed E-state index contributed by atoms with van der Waals surface area (Å²) < 4.78 is 40.5. The zero-order valence-electron chi connectivity index (χ0n) is 23.1. The van der Waals surface area contributed by atoms with Crippen molar-refractivity contribution in [2.24, 2.45) is 0 Å². The first-order valence-electron chi connectivity index (χ1n) is 12.6. The van der Waals surface area contributed by atoms with Gasteiger partial charge in [-0.05, 0) is 13.8 Å². The maximum Gasteiger partial charge on any atom is 0.469 e. The first-order valence-corrected chi connectivity index (χ1v) is 15.7. The Balaban J connectivity index is 0.000000307. The van der Waals surface area contributed by atoms with Gasteiger partial charge in [0.25, 0.3) is 5.91 Å². The van der Waals surface area contributed by atoms with Crippen LogP contribution in [0.5, 0.6) is 0 Å². The molecule has 0 unspecified atom stereocenters. The zero-order chi connectivity index (χ0) is 33.3. The highest BCUT2D eigenvalue weighted by atomic mass is 31.2. The highest BCUT2D eigenvalue weighted by molar-refractivity contribution is 7.46. The minimum Gasteiger partial charge on any atom is -0.387 e. The van der Waals surface area contributed by atoms with Crippen LogP contribution in [0, 0.1) is 0 Å². The van der Waals surface area contributed by atoms with Gasteiger partial charge in [-0.3, -0.25) is 28.3 Å². The number of phosphoric ester groups is 2. The Morgan fingerprint density at radius 2 is 1.24 bits per heavy atom. The molecule has 45 heavy (non-hydrogen) atoms. The van der Waals surface area contributed by atoms with Crippen LogP contribution in [-0.4, -0.2) is 130 Å². The lowest BCUT2D eigenvalue weighted by Gasteiger charge is -2.33. The number of aliphatic hydroxyl groups is 4. The third-order valence-corrected chi connectivity index (χ3v) is 7.64. The molecule has 2 saturated heterocycles. The number of hydrogen-bond donors (Lipinski definition) is 9. The van der Waals surface area contributed by atoms with Gasteiger partial charge in [-0.15, -0.1) is 0 Å². The molecule has 4 aliphatic rings. The SMILES string of the molecule is C.C=C1NC(=O)C(C)=CN1[C@@H]1O[C@H](COP(=O)(O)O)[C@@H](O)[C@H]1O.CC1=CN([C@@H]2O[C@H](COP(=O)(O)O)[C@@H](O)[C@H]2O)C(=O)CC1=O. The number of carbonyl (C=O) groups excluding carboxylic acids is 3. The fraction of sp³-hybridized carbons (Fsp3) is 0.609. The number of aliphatic hydroxyl groups excluding tert-OH is 4. The van der Waals surface area contributed by atoms with Crippen molar-refractivity contribution >= 4 is 33.2 Å². The number of nitrogens with zero attached hydrogens (tertiary/aromatic N) is 2. The van der Waals surface area contributed by atoms with E-state index in [1.54, 1.807) is 6.92 Å². The van der Waals surface area contributed by atoms with Gasteiger partial charge in [-0.1, -0.05) is 14.0 Å². The van der Waals surface area contributed by atoms with Gasteiger partial charge in [-0.25, -0.2) is 9.13 Å². The van der Waals surface area contributed by atoms with Crippen molar-refractivity contribution in [3.63, 3.8) is 0 Å². The number of allylic oxidation sites excluding steroid dienone is 1. The normalized spacial score (nSPS) is 32.4. The fourth-order valence-corrected chi connectivity index (χ4v) is 5.02. The molecular weight excluding hydrogens is 652 g/mol. The molecule has 0 bridgehead atoms. The van der Waals surface area contributed by atoms with E-state index in [-0.39, 0.29) is 31.4 Å². The van der Waals surface area contributed by atoms with Crippen LogP contribution in [0.15, 0.2) is 35.9 Å². The van der Waals surface area contributed by atoms with Crippen molar-refractivity contribution in [3.8, 4) is 0 Å². The third kappa shape index (κ3) is 9.80. The van der Waals surface area contributed by atoms with E-state index in [0.29, 0.717) is 11.1 Å².